The maximum absolute atomic E-state index is 12.3. The SMILES string of the molecule is CCc1ccccc1NC(=O)CN(C)C(=O)CSc1ccccc1C. The van der Waals surface area contributed by atoms with Crippen LogP contribution >= 0.6 is 11.8 Å². The van der Waals surface area contributed by atoms with Gasteiger partial charge in [-0.25, -0.2) is 0 Å². The third-order valence-electron chi connectivity index (χ3n) is 3.92. The Hall–Kier alpha value is -2.27. The smallest absolute Gasteiger partial charge is 0.243 e. The topological polar surface area (TPSA) is 49.4 Å². The van der Waals surface area contributed by atoms with Gasteiger partial charge in [-0.2, -0.15) is 0 Å². The molecule has 25 heavy (non-hydrogen) atoms. The number of carbonyl (C=O) groups excluding carboxylic acids is 2. The number of anilines is 1. The molecule has 0 aliphatic rings. The van der Waals surface area contributed by atoms with Crippen LogP contribution in [0, 0.1) is 6.92 Å². The molecule has 1 N–H and O–H groups in total. The van der Waals surface area contributed by atoms with Crippen molar-refractivity contribution in [3.63, 3.8) is 0 Å². The molecular weight excluding hydrogens is 332 g/mol. The first kappa shape index (κ1) is 19.1. The summed E-state index contributed by atoms with van der Waals surface area (Å²) in [6.45, 7) is 4.11. The van der Waals surface area contributed by atoms with Gasteiger partial charge in [0.2, 0.25) is 11.8 Å². The van der Waals surface area contributed by atoms with Crippen LogP contribution in [0.3, 0.4) is 0 Å². The zero-order valence-corrected chi connectivity index (χ0v) is 15.7. The number of benzene rings is 2. The summed E-state index contributed by atoms with van der Waals surface area (Å²) in [5.74, 6) is 0.0741. The molecule has 4 nitrogen and oxygen atoms in total. The number of carbonyl (C=O) groups is 2. The minimum absolute atomic E-state index is 0.0468. The monoisotopic (exact) mass is 356 g/mol. The fraction of sp³-hybridized carbons (Fsp3) is 0.300. The molecule has 2 amide bonds. The van der Waals surface area contributed by atoms with E-state index in [9.17, 15) is 9.59 Å². The van der Waals surface area contributed by atoms with Crippen molar-refractivity contribution >= 4 is 29.3 Å². The average molecular weight is 356 g/mol. The molecule has 0 saturated carbocycles. The van der Waals surface area contributed by atoms with Gasteiger partial charge in [-0.3, -0.25) is 9.59 Å². The highest BCUT2D eigenvalue weighted by Crippen LogP contribution is 2.22. The highest BCUT2D eigenvalue weighted by molar-refractivity contribution is 8.00. The van der Waals surface area contributed by atoms with Crippen molar-refractivity contribution in [1.82, 2.24) is 4.90 Å². The summed E-state index contributed by atoms with van der Waals surface area (Å²) in [7, 11) is 1.66. The quantitative estimate of drug-likeness (QED) is 0.769. The van der Waals surface area contributed by atoms with Gasteiger partial charge in [-0.15, -0.1) is 11.8 Å². The van der Waals surface area contributed by atoms with Crippen LogP contribution in [0.1, 0.15) is 18.1 Å². The summed E-state index contributed by atoms with van der Waals surface area (Å²) in [4.78, 5) is 27.0. The molecule has 0 heterocycles. The van der Waals surface area contributed by atoms with E-state index in [0.29, 0.717) is 5.75 Å². The summed E-state index contributed by atoms with van der Waals surface area (Å²) in [6.07, 6.45) is 0.846. The molecule has 0 aliphatic heterocycles. The van der Waals surface area contributed by atoms with E-state index in [2.05, 4.69) is 5.32 Å². The van der Waals surface area contributed by atoms with E-state index >= 15 is 0 Å². The summed E-state index contributed by atoms with van der Waals surface area (Å²) in [5.41, 5.74) is 3.04. The van der Waals surface area contributed by atoms with Crippen LogP contribution in [-0.2, 0) is 16.0 Å². The lowest BCUT2D eigenvalue weighted by Gasteiger charge is -2.17. The Labute approximate surface area is 153 Å². The van der Waals surface area contributed by atoms with Crippen LogP contribution in [-0.4, -0.2) is 36.1 Å². The third kappa shape index (κ3) is 5.64. The summed E-state index contributed by atoms with van der Waals surface area (Å²) in [5, 5.41) is 2.89. The van der Waals surface area contributed by atoms with Crippen LogP contribution in [0.4, 0.5) is 5.69 Å². The van der Waals surface area contributed by atoms with E-state index in [1.54, 1.807) is 7.05 Å². The first-order chi connectivity index (χ1) is 12.0. The largest absolute Gasteiger partial charge is 0.336 e. The molecule has 0 saturated heterocycles. The Morgan fingerprint density at radius 2 is 1.76 bits per heavy atom. The maximum atomic E-state index is 12.3. The highest BCUT2D eigenvalue weighted by Gasteiger charge is 2.14. The zero-order chi connectivity index (χ0) is 18.2. The predicted octanol–water partition coefficient (Wildman–Crippen LogP) is 3.75. The first-order valence-electron chi connectivity index (χ1n) is 8.31. The molecule has 0 bridgehead atoms. The van der Waals surface area contributed by atoms with E-state index in [1.807, 2.05) is 62.4 Å². The second-order valence-corrected chi connectivity index (χ2v) is 6.88. The lowest BCUT2D eigenvalue weighted by molar-refractivity contribution is -0.131. The molecule has 2 rings (SSSR count). The van der Waals surface area contributed by atoms with Gasteiger partial charge in [0.05, 0.1) is 12.3 Å². The van der Waals surface area contributed by atoms with Crippen molar-refractivity contribution in [3.05, 3.63) is 59.7 Å². The van der Waals surface area contributed by atoms with Gasteiger partial charge in [0, 0.05) is 17.6 Å². The molecule has 0 fully saturated rings. The highest BCUT2D eigenvalue weighted by atomic mass is 32.2. The Bertz CT molecular complexity index is 746. The lowest BCUT2D eigenvalue weighted by Crippen LogP contribution is -2.36. The number of aryl methyl sites for hydroxylation is 2. The minimum atomic E-state index is -0.183. The molecule has 0 atom stereocenters. The lowest BCUT2D eigenvalue weighted by atomic mass is 10.1. The first-order valence-corrected chi connectivity index (χ1v) is 9.30. The van der Waals surface area contributed by atoms with Gasteiger partial charge >= 0.3 is 0 Å². The summed E-state index contributed by atoms with van der Waals surface area (Å²) in [6, 6.07) is 15.7. The van der Waals surface area contributed by atoms with Gasteiger partial charge in [-0.1, -0.05) is 43.3 Å². The van der Waals surface area contributed by atoms with Gasteiger partial charge in [0.15, 0.2) is 0 Å². The van der Waals surface area contributed by atoms with Gasteiger partial charge in [0.1, 0.15) is 0 Å². The third-order valence-corrected chi connectivity index (χ3v) is 5.08. The van der Waals surface area contributed by atoms with Crippen molar-refractivity contribution in [3.8, 4) is 0 Å². The minimum Gasteiger partial charge on any atom is -0.336 e. The maximum Gasteiger partial charge on any atom is 0.243 e. The standard InChI is InChI=1S/C20H24N2O2S/c1-4-16-10-6-7-11-17(16)21-19(23)13-22(3)20(24)14-25-18-12-8-5-9-15(18)2/h5-12H,4,13-14H2,1-3H3,(H,21,23). The number of nitrogens with zero attached hydrogens (tertiary/aromatic N) is 1. The van der Waals surface area contributed by atoms with Gasteiger partial charge in [-0.05, 0) is 36.6 Å². The number of nitrogens with one attached hydrogen (secondary N) is 1. The molecule has 2 aromatic rings. The molecular formula is C20H24N2O2S. The second-order valence-electron chi connectivity index (χ2n) is 5.86. The van der Waals surface area contributed by atoms with Gasteiger partial charge in [0.25, 0.3) is 0 Å². The van der Waals surface area contributed by atoms with Crippen molar-refractivity contribution in [2.24, 2.45) is 0 Å². The average Bonchev–Trinajstić information content (AvgIpc) is 2.61. The molecule has 0 radical (unpaired) electrons. The molecule has 0 unspecified atom stereocenters. The van der Waals surface area contributed by atoms with E-state index in [1.165, 1.54) is 16.7 Å². The Kier molecular flexibility index (Phi) is 7.07. The van der Waals surface area contributed by atoms with E-state index in [0.717, 1.165) is 28.1 Å². The molecule has 5 heteroatoms. The predicted molar refractivity (Wildman–Crippen MR) is 104 cm³/mol. The number of para-hydroxylation sites is 1. The van der Waals surface area contributed by atoms with Crippen molar-refractivity contribution in [1.29, 1.82) is 0 Å². The van der Waals surface area contributed by atoms with Crippen molar-refractivity contribution < 1.29 is 9.59 Å². The summed E-state index contributed by atoms with van der Waals surface area (Å²) < 4.78 is 0. The number of likely N-dealkylation sites (N-methyl/N-ethyl adjacent to an activating group) is 1. The second kappa shape index (κ2) is 9.28. The fourth-order valence-electron chi connectivity index (χ4n) is 2.41. The van der Waals surface area contributed by atoms with Gasteiger partial charge < -0.3 is 10.2 Å². The fourth-order valence-corrected chi connectivity index (χ4v) is 3.38. The number of thioether (sulfide) groups is 1. The van der Waals surface area contributed by atoms with Crippen LogP contribution in [0.2, 0.25) is 0 Å². The van der Waals surface area contributed by atoms with Crippen LogP contribution in [0.25, 0.3) is 0 Å². The van der Waals surface area contributed by atoms with E-state index in [4.69, 9.17) is 0 Å². The van der Waals surface area contributed by atoms with Crippen LogP contribution in [0.5, 0.6) is 0 Å². The molecule has 0 aliphatic carbocycles. The van der Waals surface area contributed by atoms with Crippen molar-refractivity contribution in [2.75, 3.05) is 24.7 Å². The molecule has 0 spiro atoms. The zero-order valence-electron chi connectivity index (χ0n) is 14.9. The summed E-state index contributed by atoms with van der Waals surface area (Å²) >= 11 is 1.50. The number of amides is 2. The number of hydrogen-bond acceptors (Lipinski definition) is 3. The Morgan fingerprint density at radius 3 is 2.48 bits per heavy atom. The van der Waals surface area contributed by atoms with E-state index in [-0.39, 0.29) is 18.4 Å². The van der Waals surface area contributed by atoms with Crippen LogP contribution < -0.4 is 5.32 Å². The molecule has 0 aromatic heterocycles. The number of rotatable bonds is 7. The number of hydrogen-bond donors (Lipinski definition) is 1. The normalized spacial score (nSPS) is 10.4. The van der Waals surface area contributed by atoms with Crippen LogP contribution in [0.15, 0.2) is 53.4 Å². The molecule has 2 aromatic carbocycles. The van der Waals surface area contributed by atoms with E-state index < -0.39 is 0 Å². The Balaban J connectivity index is 1.86. The van der Waals surface area contributed by atoms with Crippen molar-refractivity contribution in [2.45, 2.75) is 25.2 Å². The molecule has 132 valence electrons. The Morgan fingerprint density at radius 1 is 1.08 bits per heavy atom.